The van der Waals surface area contributed by atoms with Crippen LogP contribution in [-0.2, 0) is 0 Å². The summed E-state index contributed by atoms with van der Waals surface area (Å²) in [5, 5.41) is 3.92. The normalized spacial score (nSPS) is 9.69. The first-order valence-electron chi connectivity index (χ1n) is 11.8. The standard InChI is InChI=1S/C25H21P.3C2H6/c1-26(22-15-7-3-8-16-22,23-17-9-4-10-18-23)25-20-12-11-19-24(25)21-13-5-2-6-14-21;3*1-2/h2-20H,1H2;3*1-2H3. The zero-order chi connectivity index (χ0) is 23.8. The largest absolute Gasteiger partial charge is 0.0887 e. The Balaban J connectivity index is 0.000000789. The molecule has 0 radical (unpaired) electrons. The minimum absolute atomic E-state index is 1.24. The van der Waals surface area contributed by atoms with Crippen LogP contribution in [0.3, 0.4) is 0 Å². The smallest absolute Gasteiger partial charge is 0.00874 e. The van der Waals surface area contributed by atoms with Crippen LogP contribution in [0.15, 0.2) is 115 Å². The molecular formula is C31H39P. The minimum Gasteiger partial charge on any atom is -0.0887 e. The molecule has 0 fully saturated rings. The summed E-state index contributed by atoms with van der Waals surface area (Å²) >= 11 is 0. The van der Waals surface area contributed by atoms with Crippen LogP contribution in [0.25, 0.3) is 11.1 Å². The van der Waals surface area contributed by atoms with Gasteiger partial charge in [-0.1, -0.05) is 163 Å². The van der Waals surface area contributed by atoms with Gasteiger partial charge in [0.1, 0.15) is 0 Å². The third-order valence-corrected chi connectivity index (χ3v) is 8.37. The molecule has 4 rings (SSSR count). The van der Waals surface area contributed by atoms with Crippen LogP contribution in [0.2, 0.25) is 0 Å². The molecule has 4 aromatic rings. The van der Waals surface area contributed by atoms with Crippen LogP contribution in [0.5, 0.6) is 0 Å². The Morgan fingerprint density at radius 2 is 0.781 bits per heavy atom. The predicted molar refractivity (Wildman–Crippen MR) is 152 cm³/mol. The van der Waals surface area contributed by atoms with E-state index in [-0.39, 0.29) is 0 Å². The van der Waals surface area contributed by atoms with E-state index in [0.717, 1.165) is 0 Å². The van der Waals surface area contributed by atoms with Gasteiger partial charge in [0.05, 0.1) is 0 Å². The molecule has 1 heteroatoms. The third kappa shape index (κ3) is 6.35. The number of hydrogen-bond acceptors (Lipinski definition) is 0. The Morgan fingerprint density at radius 1 is 0.438 bits per heavy atom. The van der Waals surface area contributed by atoms with Crippen molar-refractivity contribution >= 4 is 29.1 Å². The molecule has 0 aliphatic heterocycles. The van der Waals surface area contributed by atoms with Crippen LogP contribution in [-0.4, -0.2) is 6.30 Å². The van der Waals surface area contributed by atoms with E-state index in [4.69, 9.17) is 6.30 Å². The van der Waals surface area contributed by atoms with Crippen molar-refractivity contribution < 1.29 is 0 Å². The fourth-order valence-electron chi connectivity index (χ4n) is 3.46. The summed E-state index contributed by atoms with van der Waals surface area (Å²) in [4.78, 5) is 0. The van der Waals surface area contributed by atoms with Gasteiger partial charge in [-0.05, 0) is 33.9 Å². The lowest BCUT2D eigenvalue weighted by atomic mass is 10.1. The Bertz CT molecular complexity index is 992. The van der Waals surface area contributed by atoms with Crippen LogP contribution in [0.4, 0.5) is 0 Å². The van der Waals surface area contributed by atoms with Gasteiger partial charge in [0.25, 0.3) is 0 Å². The average molecular weight is 443 g/mol. The van der Waals surface area contributed by atoms with Crippen molar-refractivity contribution in [1.82, 2.24) is 0 Å². The van der Waals surface area contributed by atoms with Crippen molar-refractivity contribution in [3.05, 3.63) is 115 Å². The molecule has 168 valence electrons. The first-order chi connectivity index (χ1) is 15.8. The lowest BCUT2D eigenvalue weighted by Crippen LogP contribution is -2.26. The molecule has 0 bridgehead atoms. The maximum Gasteiger partial charge on any atom is -0.00874 e. The molecule has 0 unspecified atom stereocenters. The zero-order valence-corrected chi connectivity index (χ0v) is 21.5. The molecule has 4 aromatic carbocycles. The van der Waals surface area contributed by atoms with Gasteiger partial charge in [-0.2, -0.15) is 0 Å². The Morgan fingerprint density at radius 3 is 1.22 bits per heavy atom. The summed E-state index contributed by atoms with van der Waals surface area (Å²) in [5.74, 6) is 0. The molecule has 0 saturated carbocycles. The van der Waals surface area contributed by atoms with Gasteiger partial charge < -0.3 is 0 Å². The molecule has 0 heterocycles. The molecule has 0 atom stereocenters. The first kappa shape index (κ1) is 27.2. The van der Waals surface area contributed by atoms with E-state index in [1.165, 1.54) is 27.0 Å². The maximum absolute atomic E-state index is 4.88. The maximum atomic E-state index is 4.88. The summed E-state index contributed by atoms with van der Waals surface area (Å²) < 4.78 is 0. The van der Waals surface area contributed by atoms with Crippen molar-refractivity contribution in [2.75, 3.05) is 0 Å². The molecule has 0 amide bonds. The van der Waals surface area contributed by atoms with Crippen LogP contribution < -0.4 is 15.9 Å². The van der Waals surface area contributed by atoms with Gasteiger partial charge in [-0.15, -0.1) is 0 Å². The predicted octanol–water partition coefficient (Wildman–Crippen LogP) is 8.16. The second kappa shape index (κ2) is 15.1. The second-order valence-corrected chi connectivity index (χ2v) is 9.50. The average Bonchev–Trinajstić information content (AvgIpc) is 2.93. The first-order valence-corrected chi connectivity index (χ1v) is 13.8. The molecule has 0 saturated heterocycles. The zero-order valence-electron chi connectivity index (χ0n) is 20.6. The van der Waals surface area contributed by atoms with Crippen molar-refractivity contribution in [1.29, 1.82) is 0 Å². The fraction of sp³-hybridized carbons (Fsp3) is 0.194. The third-order valence-electron chi connectivity index (χ3n) is 4.79. The summed E-state index contributed by atoms with van der Waals surface area (Å²) in [5.41, 5.74) is 2.51. The van der Waals surface area contributed by atoms with E-state index in [0.29, 0.717) is 0 Å². The van der Waals surface area contributed by atoms with Gasteiger partial charge in [0.15, 0.2) is 0 Å². The van der Waals surface area contributed by atoms with Gasteiger partial charge in [-0.25, -0.2) is 0 Å². The second-order valence-electron chi connectivity index (χ2n) is 6.36. The minimum atomic E-state index is -1.98. The Kier molecular flexibility index (Phi) is 12.8. The van der Waals surface area contributed by atoms with Gasteiger partial charge in [0, 0.05) is 0 Å². The van der Waals surface area contributed by atoms with Crippen LogP contribution in [0.1, 0.15) is 41.5 Å². The van der Waals surface area contributed by atoms with Crippen molar-refractivity contribution in [2.45, 2.75) is 41.5 Å². The fourth-order valence-corrected chi connectivity index (χ4v) is 6.63. The number of rotatable bonds is 4. The van der Waals surface area contributed by atoms with E-state index in [9.17, 15) is 0 Å². The van der Waals surface area contributed by atoms with Crippen molar-refractivity contribution in [2.24, 2.45) is 0 Å². The summed E-state index contributed by atoms with van der Waals surface area (Å²) in [6.07, 6.45) is 4.88. The van der Waals surface area contributed by atoms with Gasteiger partial charge in [-0.3, -0.25) is 0 Å². The van der Waals surface area contributed by atoms with Crippen LogP contribution in [0, 0.1) is 0 Å². The SMILES string of the molecule is C=P(c1ccccc1)(c1ccccc1)c1ccccc1-c1ccccc1.CC.CC.CC. The molecule has 0 spiro atoms. The number of hydrogen-bond donors (Lipinski definition) is 0. The van der Waals surface area contributed by atoms with Gasteiger partial charge >= 0.3 is 0 Å². The summed E-state index contributed by atoms with van der Waals surface area (Å²) in [6.45, 7) is 10.0. The molecule has 0 aliphatic rings. The van der Waals surface area contributed by atoms with E-state index in [2.05, 4.69) is 115 Å². The van der Waals surface area contributed by atoms with E-state index < -0.39 is 6.89 Å². The van der Waals surface area contributed by atoms with Crippen molar-refractivity contribution in [3.63, 3.8) is 0 Å². The van der Waals surface area contributed by atoms with E-state index in [1.807, 2.05) is 41.5 Å². The molecule has 0 aliphatic carbocycles. The Hall–Kier alpha value is -2.82. The Labute approximate surface area is 197 Å². The summed E-state index contributed by atoms with van der Waals surface area (Å²) in [7, 11) is 0. The van der Waals surface area contributed by atoms with E-state index >= 15 is 0 Å². The molecule has 0 N–H and O–H groups in total. The topological polar surface area (TPSA) is 0 Å². The number of benzene rings is 4. The highest BCUT2D eigenvalue weighted by Gasteiger charge is 2.24. The van der Waals surface area contributed by atoms with Crippen molar-refractivity contribution in [3.8, 4) is 11.1 Å². The quantitative estimate of drug-likeness (QED) is 0.280. The molecule has 0 nitrogen and oxygen atoms in total. The van der Waals surface area contributed by atoms with E-state index in [1.54, 1.807) is 0 Å². The summed E-state index contributed by atoms with van der Waals surface area (Å²) in [6, 6.07) is 40.8. The molecule has 0 aromatic heterocycles. The lowest BCUT2D eigenvalue weighted by molar-refractivity contribution is 1.50. The highest BCUT2D eigenvalue weighted by Crippen LogP contribution is 2.44. The molecular weight excluding hydrogens is 403 g/mol. The highest BCUT2D eigenvalue weighted by molar-refractivity contribution is 7.93. The molecule has 32 heavy (non-hydrogen) atoms. The van der Waals surface area contributed by atoms with Crippen LogP contribution >= 0.6 is 6.89 Å². The monoisotopic (exact) mass is 442 g/mol. The van der Waals surface area contributed by atoms with Gasteiger partial charge in [0.2, 0.25) is 0 Å². The lowest BCUT2D eigenvalue weighted by Gasteiger charge is -2.29. The highest BCUT2D eigenvalue weighted by atomic mass is 31.2.